The van der Waals surface area contributed by atoms with Gasteiger partial charge >= 0.3 is 0 Å². The second kappa shape index (κ2) is 7.78. The van der Waals surface area contributed by atoms with E-state index in [1.54, 1.807) is 7.11 Å². The normalized spacial score (nSPS) is 21.0. The molecule has 156 valence electrons. The van der Waals surface area contributed by atoms with Crippen LogP contribution in [0.25, 0.3) is 0 Å². The Labute approximate surface area is 172 Å². The van der Waals surface area contributed by atoms with E-state index in [9.17, 15) is 4.79 Å². The van der Waals surface area contributed by atoms with E-state index in [2.05, 4.69) is 35.9 Å². The highest BCUT2D eigenvalue weighted by atomic mass is 16.5. The Morgan fingerprint density at radius 1 is 1.28 bits per heavy atom. The summed E-state index contributed by atoms with van der Waals surface area (Å²) in [6.07, 6.45) is 2.28. The van der Waals surface area contributed by atoms with Gasteiger partial charge in [-0.2, -0.15) is 4.98 Å². The zero-order chi connectivity index (χ0) is 20.6. The fraction of sp³-hybridized carbons (Fsp3) is 0.591. The summed E-state index contributed by atoms with van der Waals surface area (Å²) < 4.78 is 10.6. The lowest BCUT2D eigenvalue weighted by Gasteiger charge is -2.48. The maximum Gasteiger partial charge on any atom is 0.229 e. The van der Waals surface area contributed by atoms with Crippen molar-refractivity contribution in [2.45, 2.75) is 45.1 Å². The number of aryl methyl sites for hydroxylation is 1. The molecule has 4 rings (SSSR count). The number of carbonyl (C=O) groups excluding carboxylic acids is 1. The Bertz CT molecular complexity index is 855. The predicted molar refractivity (Wildman–Crippen MR) is 109 cm³/mol. The summed E-state index contributed by atoms with van der Waals surface area (Å²) in [6, 6.07) is 8.10. The van der Waals surface area contributed by atoms with Crippen LogP contribution in [0.4, 0.5) is 0 Å². The highest BCUT2D eigenvalue weighted by Crippen LogP contribution is 2.47. The van der Waals surface area contributed by atoms with Crippen molar-refractivity contribution in [3.05, 3.63) is 41.5 Å². The van der Waals surface area contributed by atoms with Crippen molar-refractivity contribution in [1.82, 2.24) is 19.9 Å². The maximum absolute atomic E-state index is 12.6. The average Bonchev–Trinajstić information content (AvgIpc) is 3.30. The molecule has 2 aliphatic rings. The van der Waals surface area contributed by atoms with E-state index in [4.69, 9.17) is 9.26 Å². The van der Waals surface area contributed by atoms with Gasteiger partial charge in [-0.3, -0.25) is 9.69 Å². The summed E-state index contributed by atoms with van der Waals surface area (Å²) in [6.45, 7) is 6.72. The number of aromatic nitrogens is 2. The number of methoxy groups -OCH3 is 1. The molecule has 2 aromatic rings. The van der Waals surface area contributed by atoms with Gasteiger partial charge in [-0.05, 0) is 37.6 Å². The number of ether oxygens (including phenoxy) is 1. The number of amides is 1. The summed E-state index contributed by atoms with van der Waals surface area (Å²) in [7, 11) is 3.77. The van der Waals surface area contributed by atoms with Gasteiger partial charge in [0, 0.05) is 37.4 Å². The minimum Gasteiger partial charge on any atom is -0.497 e. The van der Waals surface area contributed by atoms with Crippen molar-refractivity contribution < 1.29 is 14.1 Å². The number of hydrogen-bond acceptors (Lipinski definition) is 6. The minimum atomic E-state index is 0.161. The third-order valence-corrected chi connectivity index (χ3v) is 6.18. The van der Waals surface area contributed by atoms with Gasteiger partial charge in [0.1, 0.15) is 5.75 Å². The number of benzene rings is 1. The Hall–Kier alpha value is -2.41. The molecule has 1 spiro atoms. The molecule has 29 heavy (non-hydrogen) atoms. The molecule has 1 aromatic heterocycles. The molecule has 3 heterocycles. The van der Waals surface area contributed by atoms with Crippen molar-refractivity contribution in [2.24, 2.45) is 5.41 Å². The van der Waals surface area contributed by atoms with Crippen molar-refractivity contribution >= 4 is 5.91 Å². The van der Waals surface area contributed by atoms with Crippen LogP contribution >= 0.6 is 0 Å². The van der Waals surface area contributed by atoms with E-state index in [-0.39, 0.29) is 23.3 Å². The molecule has 2 aliphatic heterocycles. The van der Waals surface area contributed by atoms with Crippen molar-refractivity contribution in [3.8, 4) is 5.75 Å². The summed E-state index contributed by atoms with van der Waals surface area (Å²) in [5.74, 6) is 2.78. The SMILES string of the molecule is COc1ccc(CCC(=O)N2CC3(CC(c4noc(C(C)C)n4)N(C)C3)C2)cc1. The first-order valence-electron chi connectivity index (χ1n) is 10.3. The zero-order valence-electron chi connectivity index (χ0n) is 17.7. The number of likely N-dealkylation sites (tertiary alicyclic amines) is 2. The molecule has 2 saturated heterocycles. The molecule has 0 aliphatic carbocycles. The van der Waals surface area contributed by atoms with Gasteiger partial charge in [-0.15, -0.1) is 0 Å². The Morgan fingerprint density at radius 3 is 2.62 bits per heavy atom. The molecule has 7 heteroatoms. The van der Waals surface area contributed by atoms with Crippen LogP contribution in [0.15, 0.2) is 28.8 Å². The standard InChI is InChI=1S/C22H30N4O3/c1-15(2)21-23-20(24-29-21)18-11-22(12-25(18)3)13-26(14-22)19(27)10-7-16-5-8-17(28-4)9-6-16/h5-6,8-9,15,18H,7,10-14H2,1-4H3. The molecular formula is C22H30N4O3. The first-order chi connectivity index (χ1) is 13.9. The van der Waals surface area contributed by atoms with Crippen LogP contribution in [0.2, 0.25) is 0 Å². The molecule has 0 radical (unpaired) electrons. The number of hydrogen-bond donors (Lipinski definition) is 0. The summed E-state index contributed by atoms with van der Waals surface area (Å²) >= 11 is 0. The minimum absolute atomic E-state index is 0.161. The highest BCUT2D eigenvalue weighted by Gasteiger charge is 2.52. The molecule has 1 unspecified atom stereocenters. The van der Waals surface area contributed by atoms with Crippen molar-refractivity contribution in [1.29, 1.82) is 0 Å². The molecule has 0 bridgehead atoms. The number of nitrogens with zero attached hydrogens (tertiary/aromatic N) is 4. The lowest BCUT2D eigenvalue weighted by molar-refractivity contribution is -0.142. The third kappa shape index (κ3) is 4.01. The van der Waals surface area contributed by atoms with Gasteiger partial charge in [0.15, 0.2) is 5.82 Å². The molecule has 0 saturated carbocycles. The van der Waals surface area contributed by atoms with Gasteiger partial charge in [0.25, 0.3) is 0 Å². The van der Waals surface area contributed by atoms with Crippen LogP contribution in [-0.4, -0.2) is 59.6 Å². The fourth-order valence-corrected chi connectivity index (χ4v) is 4.55. The van der Waals surface area contributed by atoms with Gasteiger partial charge in [0.2, 0.25) is 11.8 Å². The topological polar surface area (TPSA) is 71.7 Å². The molecule has 1 aromatic carbocycles. The first-order valence-corrected chi connectivity index (χ1v) is 10.3. The van der Waals surface area contributed by atoms with Crippen molar-refractivity contribution in [3.63, 3.8) is 0 Å². The quantitative estimate of drug-likeness (QED) is 0.745. The molecule has 1 amide bonds. The van der Waals surface area contributed by atoms with Crippen LogP contribution in [0.1, 0.15) is 55.9 Å². The smallest absolute Gasteiger partial charge is 0.229 e. The monoisotopic (exact) mass is 398 g/mol. The lowest BCUT2D eigenvalue weighted by Crippen LogP contribution is -2.59. The van der Waals surface area contributed by atoms with Crippen LogP contribution < -0.4 is 4.74 Å². The van der Waals surface area contributed by atoms with Crippen LogP contribution in [-0.2, 0) is 11.2 Å². The molecule has 0 N–H and O–H groups in total. The van der Waals surface area contributed by atoms with Gasteiger partial charge < -0.3 is 14.2 Å². The lowest BCUT2D eigenvalue weighted by atomic mass is 9.77. The summed E-state index contributed by atoms with van der Waals surface area (Å²) in [5, 5.41) is 4.21. The Morgan fingerprint density at radius 2 is 2.00 bits per heavy atom. The van der Waals surface area contributed by atoms with E-state index in [0.29, 0.717) is 12.3 Å². The average molecular weight is 399 g/mol. The van der Waals surface area contributed by atoms with E-state index in [1.807, 2.05) is 29.2 Å². The van der Waals surface area contributed by atoms with E-state index in [1.165, 1.54) is 0 Å². The molecule has 7 nitrogen and oxygen atoms in total. The fourth-order valence-electron chi connectivity index (χ4n) is 4.55. The molecule has 1 atom stereocenters. The Balaban J connectivity index is 1.29. The molecule has 2 fully saturated rings. The highest BCUT2D eigenvalue weighted by molar-refractivity contribution is 5.77. The largest absolute Gasteiger partial charge is 0.497 e. The maximum atomic E-state index is 12.6. The van der Waals surface area contributed by atoms with Crippen molar-refractivity contribution in [2.75, 3.05) is 33.8 Å². The van der Waals surface area contributed by atoms with Crippen LogP contribution in [0.5, 0.6) is 5.75 Å². The van der Waals surface area contributed by atoms with Gasteiger partial charge in [-0.25, -0.2) is 0 Å². The Kier molecular flexibility index (Phi) is 5.34. The first kappa shape index (κ1) is 19.9. The summed E-state index contributed by atoms with van der Waals surface area (Å²) in [5.41, 5.74) is 1.32. The van der Waals surface area contributed by atoms with Gasteiger partial charge in [-0.1, -0.05) is 31.1 Å². The van der Waals surface area contributed by atoms with Crippen LogP contribution in [0, 0.1) is 5.41 Å². The second-order valence-corrected chi connectivity index (χ2v) is 8.88. The van der Waals surface area contributed by atoms with E-state index in [0.717, 1.165) is 49.6 Å². The number of carbonyl (C=O) groups is 1. The second-order valence-electron chi connectivity index (χ2n) is 8.88. The third-order valence-electron chi connectivity index (χ3n) is 6.18. The number of rotatable bonds is 6. The summed E-state index contributed by atoms with van der Waals surface area (Å²) in [4.78, 5) is 21.5. The molecular weight excluding hydrogens is 368 g/mol. The van der Waals surface area contributed by atoms with E-state index >= 15 is 0 Å². The predicted octanol–water partition coefficient (Wildman–Crippen LogP) is 3.04. The van der Waals surface area contributed by atoms with Gasteiger partial charge in [0.05, 0.1) is 13.2 Å². The van der Waals surface area contributed by atoms with Crippen LogP contribution in [0.3, 0.4) is 0 Å². The van der Waals surface area contributed by atoms with E-state index < -0.39 is 0 Å². The zero-order valence-corrected chi connectivity index (χ0v) is 17.7.